The van der Waals surface area contributed by atoms with E-state index in [9.17, 15) is 0 Å². The van der Waals surface area contributed by atoms with Crippen molar-refractivity contribution < 1.29 is 9.47 Å². The van der Waals surface area contributed by atoms with Gasteiger partial charge in [0.05, 0.1) is 5.69 Å². The fourth-order valence-electron chi connectivity index (χ4n) is 2.40. The molecule has 1 aromatic heterocycles. The topological polar surface area (TPSA) is 56.3 Å². The van der Waals surface area contributed by atoms with E-state index in [2.05, 4.69) is 22.2 Å². The second kappa shape index (κ2) is 5.36. The molecule has 20 heavy (non-hydrogen) atoms. The predicted octanol–water partition coefficient (Wildman–Crippen LogP) is 2.52. The average Bonchev–Trinajstić information content (AvgIpc) is 2.53. The summed E-state index contributed by atoms with van der Waals surface area (Å²) in [6.07, 6.45) is 2.44. The highest BCUT2D eigenvalue weighted by atomic mass is 16.6. The summed E-state index contributed by atoms with van der Waals surface area (Å²) in [6.45, 7) is 3.29. The Bertz CT molecular complexity index is 629. The first-order valence-electron chi connectivity index (χ1n) is 6.75. The molecule has 1 aliphatic rings. The van der Waals surface area contributed by atoms with E-state index in [1.165, 1.54) is 0 Å². The number of anilines is 1. The van der Waals surface area contributed by atoms with Gasteiger partial charge in [0.25, 0.3) is 0 Å². The zero-order valence-corrected chi connectivity index (χ0v) is 11.6. The molecule has 0 atom stereocenters. The van der Waals surface area contributed by atoms with Crippen LogP contribution in [0.1, 0.15) is 12.5 Å². The number of rotatable bonds is 3. The van der Waals surface area contributed by atoms with Crippen LogP contribution in [-0.4, -0.2) is 30.2 Å². The summed E-state index contributed by atoms with van der Waals surface area (Å²) >= 11 is 0. The zero-order chi connectivity index (χ0) is 13.9. The molecular formula is C15H17N3O2. The SMILES string of the molecule is CCc1c(NC)ncnc1-c1ccc2c(c1)OCCO2. The maximum Gasteiger partial charge on any atom is 0.162 e. The fourth-order valence-corrected chi connectivity index (χ4v) is 2.40. The highest BCUT2D eigenvalue weighted by Crippen LogP contribution is 2.35. The number of nitrogens with one attached hydrogen (secondary N) is 1. The maximum atomic E-state index is 5.63. The van der Waals surface area contributed by atoms with Gasteiger partial charge in [0.1, 0.15) is 25.4 Å². The minimum atomic E-state index is 0.586. The molecule has 5 heteroatoms. The van der Waals surface area contributed by atoms with Crippen LogP contribution in [0.15, 0.2) is 24.5 Å². The Morgan fingerprint density at radius 1 is 1.15 bits per heavy atom. The van der Waals surface area contributed by atoms with Crippen molar-refractivity contribution in [1.29, 1.82) is 0 Å². The van der Waals surface area contributed by atoms with Gasteiger partial charge in [-0.3, -0.25) is 0 Å². The first kappa shape index (κ1) is 12.7. The van der Waals surface area contributed by atoms with Crippen molar-refractivity contribution >= 4 is 5.82 Å². The molecule has 0 amide bonds. The quantitative estimate of drug-likeness (QED) is 0.929. The molecule has 104 valence electrons. The van der Waals surface area contributed by atoms with E-state index in [0.29, 0.717) is 13.2 Å². The van der Waals surface area contributed by atoms with Gasteiger partial charge in [-0.2, -0.15) is 0 Å². The average molecular weight is 271 g/mol. The number of nitrogens with zero attached hydrogens (tertiary/aromatic N) is 2. The molecule has 5 nitrogen and oxygen atoms in total. The number of hydrogen-bond donors (Lipinski definition) is 1. The molecule has 0 spiro atoms. The van der Waals surface area contributed by atoms with Crippen LogP contribution in [0.4, 0.5) is 5.82 Å². The lowest BCUT2D eigenvalue weighted by Gasteiger charge is -2.19. The van der Waals surface area contributed by atoms with Crippen molar-refractivity contribution in [1.82, 2.24) is 9.97 Å². The summed E-state index contributed by atoms with van der Waals surface area (Å²) < 4.78 is 11.2. The van der Waals surface area contributed by atoms with Crippen molar-refractivity contribution in [3.63, 3.8) is 0 Å². The molecule has 1 N–H and O–H groups in total. The second-order valence-corrected chi connectivity index (χ2v) is 4.51. The van der Waals surface area contributed by atoms with Gasteiger partial charge < -0.3 is 14.8 Å². The first-order valence-corrected chi connectivity index (χ1v) is 6.75. The molecule has 0 saturated heterocycles. The molecular weight excluding hydrogens is 254 g/mol. The molecule has 0 radical (unpaired) electrons. The summed E-state index contributed by atoms with van der Waals surface area (Å²) in [5.74, 6) is 2.44. The Hall–Kier alpha value is -2.30. The van der Waals surface area contributed by atoms with E-state index < -0.39 is 0 Å². The van der Waals surface area contributed by atoms with Crippen LogP contribution >= 0.6 is 0 Å². The Balaban J connectivity index is 2.09. The number of benzene rings is 1. The minimum absolute atomic E-state index is 0.586. The standard InChI is InChI=1S/C15H17N3O2/c1-3-11-14(17-9-18-15(11)16-2)10-4-5-12-13(8-10)20-7-6-19-12/h4-5,8-9H,3,6-7H2,1-2H3,(H,16,17,18). The number of aromatic nitrogens is 2. The Labute approximate surface area is 118 Å². The highest BCUT2D eigenvalue weighted by molar-refractivity contribution is 5.70. The monoisotopic (exact) mass is 271 g/mol. The van der Waals surface area contributed by atoms with Crippen molar-refractivity contribution in [2.45, 2.75) is 13.3 Å². The number of ether oxygens (including phenoxy) is 2. The molecule has 0 aliphatic carbocycles. The number of fused-ring (bicyclic) bond motifs is 1. The van der Waals surface area contributed by atoms with Crippen molar-refractivity contribution in [3.8, 4) is 22.8 Å². The Morgan fingerprint density at radius 2 is 1.95 bits per heavy atom. The van der Waals surface area contributed by atoms with Crippen LogP contribution in [0.3, 0.4) is 0 Å². The van der Waals surface area contributed by atoms with Gasteiger partial charge in [-0.15, -0.1) is 0 Å². The van der Waals surface area contributed by atoms with E-state index in [1.807, 2.05) is 25.2 Å². The summed E-state index contributed by atoms with van der Waals surface area (Å²) in [5, 5.41) is 3.11. The van der Waals surface area contributed by atoms with Crippen LogP contribution in [0.5, 0.6) is 11.5 Å². The van der Waals surface area contributed by atoms with E-state index in [-0.39, 0.29) is 0 Å². The minimum Gasteiger partial charge on any atom is -0.486 e. The third-order valence-corrected chi connectivity index (χ3v) is 3.35. The lowest BCUT2D eigenvalue weighted by Crippen LogP contribution is -2.15. The van der Waals surface area contributed by atoms with Gasteiger partial charge in [-0.1, -0.05) is 6.92 Å². The van der Waals surface area contributed by atoms with Gasteiger partial charge >= 0.3 is 0 Å². The third-order valence-electron chi connectivity index (χ3n) is 3.35. The van der Waals surface area contributed by atoms with Crippen LogP contribution in [0.2, 0.25) is 0 Å². The molecule has 0 fully saturated rings. The lowest BCUT2D eigenvalue weighted by molar-refractivity contribution is 0.171. The smallest absolute Gasteiger partial charge is 0.162 e. The zero-order valence-electron chi connectivity index (χ0n) is 11.6. The van der Waals surface area contributed by atoms with Gasteiger partial charge in [-0.05, 0) is 24.6 Å². The van der Waals surface area contributed by atoms with Gasteiger partial charge in [0.2, 0.25) is 0 Å². The Kier molecular flexibility index (Phi) is 3.41. The fraction of sp³-hybridized carbons (Fsp3) is 0.333. The lowest BCUT2D eigenvalue weighted by atomic mass is 10.0. The summed E-state index contributed by atoms with van der Waals surface area (Å²) in [4.78, 5) is 8.69. The normalized spacial score (nSPS) is 13.1. The van der Waals surface area contributed by atoms with Crippen LogP contribution in [0.25, 0.3) is 11.3 Å². The molecule has 0 saturated carbocycles. The first-order chi connectivity index (χ1) is 9.83. The van der Waals surface area contributed by atoms with Crippen LogP contribution in [-0.2, 0) is 6.42 Å². The summed E-state index contributed by atoms with van der Waals surface area (Å²) in [6, 6.07) is 5.92. The highest BCUT2D eigenvalue weighted by Gasteiger charge is 2.16. The van der Waals surface area contributed by atoms with E-state index in [4.69, 9.17) is 9.47 Å². The summed E-state index contributed by atoms with van der Waals surface area (Å²) in [7, 11) is 1.87. The van der Waals surface area contributed by atoms with Crippen molar-refractivity contribution in [2.24, 2.45) is 0 Å². The van der Waals surface area contributed by atoms with E-state index >= 15 is 0 Å². The van der Waals surface area contributed by atoms with E-state index in [1.54, 1.807) is 6.33 Å². The summed E-state index contributed by atoms with van der Waals surface area (Å²) in [5.41, 5.74) is 3.06. The van der Waals surface area contributed by atoms with Crippen molar-refractivity contribution in [2.75, 3.05) is 25.6 Å². The van der Waals surface area contributed by atoms with Crippen LogP contribution < -0.4 is 14.8 Å². The van der Waals surface area contributed by atoms with Crippen LogP contribution in [0, 0.1) is 0 Å². The maximum absolute atomic E-state index is 5.63. The number of hydrogen-bond acceptors (Lipinski definition) is 5. The second-order valence-electron chi connectivity index (χ2n) is 4.51. The Morgan fingerprint density at radius 3 is 2.70 bits per heavy atom. The molecule has 0 unspecified atom stereocenters. The molecule has 1 aliphatic heterocycles. The van der Waals surface area contributed by atoms with Gasteiger partial charge in [0.15, 0.2) is 11.5 Å². The molecule has 1 aromatic carbocycles. The molecule has 2 heterocycles. The molecule has 2 aromatic rings. The molecule has 3 rings (SSSR count). The third kappa shape index (κ3) is 2.15. The van der Waals surface area contributed by atoms with Gasteiger partial charge in [0, 0.05) is 18.2 Å². The van der Waals surface area contributed by atoms with Gasteiger partial charge in [-0.25, -0.2) is 9.97 Å². The predicted molar refractivity (Wildman–Crippen MR) is 77.4 cm³/mol. The largest absolute Gasteiger partial charge is 0.486 e. The van der Waals surface area contributed by atoms with E-state index in [0.717, 1.165) is 40.6 Å². The molecule has 0 bridgehead atoms. The van der Waals surface area contributed by atoms with Crippen molar-refractivity contribution in [3.05, 3.63) is 30.1 Å².